The Balaban J connectivity index is 1.96. The highest BCUT2D eigenvalue weighted by Gasteiger charge is 2.24. The van der Waals surface area contributed by atoms with E-state index in [1.807, 2.05) is 0 Å². The van der Waals surface area contributed by atoms with Gasteiger partial charge >= 0.3 is 5.97 Å². The topological polar surface area (TPSA) is 118 Å². The second-order valence-electron chi connectivity index (χ2n) is 7.67. The predicted molar refractivity (Wildman–Crippen MR) is 129 cm³/mol. The number of hydrogen-bond donors (Lipinski definition) is 1. The first-order valence-electron chi connectivity index (χ1n) is 10.9. The van der Waals surface area contributed by atoms with Crippen molar-refractivity contribution < 1.29 is 28.8 Å². The summed E-state index contributed by atoms with van der Waals surface area (Å²) < 4.78 is 23.5. The maximum Gasteiger partial charge on any atom is 0.338 e. The van der Waals surface area contributed by atoms with E-state index >= 15 is 0 Å². The Morgan fingerprint density at radius 3 is 2.26 bits per heavy atom. The van der Waals surface area contributed by atoms with E-state index in [0.717, 1.165) is 0 Å². The number of nitrogens with zero attached hydrogens (tertiary/aromatic N) is 4. The lowest BCUT2D eigenvalue weighted by Gasteiger charge is -2.18. The number of ether oxygens (including phenoxy) is 4. The number of rotatable bonds is 10. The first kappa shape index (κ1) is 23.8. The second kappa shape index (κ2) is 10.3. The van der Waals surface area contributed by atoms with Crippen LogP contribution in [0.3, 0.4) is 0 Å². The van der Waals surface area contributed by atoms with Gasteiger partial charge < -0.3 is 24.1 Å². The molecular formula is C25H26N4O6. The molecule has 0 fully saturated rings. The van der Waals surface area contributed by atoms with E-state index in [1.54, 1.807) is 55.6 Å². The average molecular weight is 479 g/mol. The molecule has 0 radical (unpaired) electrons. The van der Waals surface area contributed by atoms with Crippen LogP contribution in [0.4, 0.5) is 0 Å². The molecule has 0 aliphatic heterocycles. The summed E-state index contributed by atoms with van der Waals surface area (Å²) >= 11 is 0. The summed E-state index contributed by atoms with van der Waals surface area (Å²) in [5.41, 5.74) is 2.34. The van der Waals surface area contributed by atoms with E-state index in [-0.39, 0.29) is 5.56 Å². The molecule has 0 amide bonds. The van der Waals surface area contributed by atoms with Gasteiger partial charge in [-0.25, -0.2) is 9.78 Å². The van der Waals surface area contributed by atoms with Crippen LogP contribution in [0, 0.1) is 0 Å². The highest BCUT2D eigenvalue weighted by atomic mass is 16.5. The number of hydrogen-bond acceptors (Lipinski definition) is 8. The number of methoxy groups -OCH3 is 4. The van der Waals surface area contributed by atoms with Crippen LogP contribution in [-0.2, 0) is 13.0 Å². The SMILES string of the molecule is COc1ccc(-c2c(C(=O)O)c(CCCn3cncn3)nc3cc(OC)c(OC)cc23)cc1OC. The number of carboxylic acids is 1. The third-order valence-electron chi connectivity index (χ3n) is 5.72. The van der Waals surface area contributed by atoms with Gasteiger partial charge in [0, 0.05) is 23.6 Å². The standard InChI is InChI=1S/C25H26N4O6/c1-32-19-8-7-15(10-20(19)33-2)23-16-11-21(34-3)22(35-4)12-18(16)28-17(24(23)25(30)31)6-5-9-29-14-26-13-27-29/h7-8,10-14H,5-6,9H2,1-4H3,(H,30,31). The molecule has 0 spiro atoms. The first-order valence-corrected chi connectivity index (χ1v) is 10.9. The molecule has 4 rings (SSSR count). The van der Waals surface area contributed by atoms with Crippen molar-refractivity contribution in [2.45, 2.75) is 19.4 Å². The zero-order valence-corrected chi connectivity index (χ0v) is 19.9. The smallest absolute Gasteiger partial charge is 0.338 e. The van der Waals surface area contributed by atoms with E-state index in [9.17, 15) is 9.90 Å². The Hall–Kier alpha value is -4.34. The van der Waals surface area contributed by atoms with Crippen molar-refractivity contribution in [3.8, 4) is 34.1 Å². The van der Waals surface area contributed by atoms with Gasteiger partial charge in [-0.15, -0.1) is 0 Å². The average Bonchev–Trinajstić information content (AvgIpc) is 3.40. The summed E-state index contributed by atoms with van der Waals surface area (Å²) in [7, 11) is 6.16. The lowest BCUT2D eigenvalue weighted by molar-refractivity contribution is 0.0696. The fourth-order valence-electron chi connectivity index (χ4n) is 4.10. The van der Waals surface area contributed by atoms with Crippen molar-refractivity contribution in [2.24, 2.45) is 0 Å². The van der Waals surface area contributed by atoms with Crippen LogP contribution in [0.15, 0.2) is 43.0 Å². The molecule has 0 aliphatic rings. The molecule has 10 heteroatoms. The summed E-state index contributed by atoms with van der Waals surface area (Å²) in [6.45, 7) is 0.580. The number of carboxylic acid groups (broad SMARTS) is 1. The zero-order valence-electron chi connectivity index (χ0n) is 19.9. The van der Waals surface area contributed by atoms with Crippen LogP contribution in [0.2, 0.25) is 0 Å². The molecule has 1 N–H and O–H groups in total. The Morgan fingerprint density at radius 1 is 0.943 bits per heavy atom. The molecule has 2 aromatic carbocycles. The normalized spacial score (nSPS) is 10.9. The van der Waals surface area contributed by atoms with Crippen molar-refractivity contribution in [3.63, 3.8) is 0 Å². The highest BCUT2D eigenvalue weighted by Crippen LogP contribution is 2.41. The van der Waals surface area contributed by atoms with Crippen molar-refractivity contribution in [1.29, 1.82) is 0 Å². The molecule has 182 valence electrons. The summed E-state index contributed by atoms with van der Waals surface area (Å²) in [5.74, 6) is 0.925. The summed E-state index contributed by atoms with van der Waals surface area (Å²) in [4.78, 5) is 21.3. The van der Waals surface area contributed by atoms with Crippen molar-refractivity contribution in [3.05, 3.63) is 54.2 Å². The summed E-state index contributed by atoms with van der Waals surface area (Å²) in [6.07, 6.45) is 4.14. The maximum absolute atomic E-state index is 12.6. The highest BCUT2D eigenvalue weighted by molar-refractivity contribution is 6.08. The fourth-order valence-corrected chi connectivity index (χ4v) is 4.10. The Kier molecular flexibility index (Phi) is 7.00. The molecule has 4 aromatic rings. The molecule has 35 heavy (non-hydrogen) atoms. The van der Waals surface area contributed by atoms with E-state index in [2.05, 4.69) is 10.1 Å². The van der Waals surface area contributed by atoms with Gasteiger partial charge in [0.15, 0.2) is 23.0 Å². The molecule has 0 aliphatic carbocycles. The Morgan fingerprint density at radius 2 is 1.63 bits per heavy atom. The Bertz CT molecular complexity index is 1350. The van der Waals surface area contributed by atoms with Crippen molar-refractivity contribution in [2.75, 3.05) is 28.4 Å². The monoisotopic (exact) mass is 478 g/mol. The largest absolute Gasteiger partial charge is 0.493 e. The maximum atomic E-state index is 12.6. The minimum Gasteiger partial charge on any atom is -0.493 e. The summed E-state index contributed by atoms with van der Waals surface area (Å²) in [5, 5.41) is 15.1. The van der Waals surface area contributed by atoms with Crippen LogP contribution in [0.25, 0.3) is 22.0 Å². The number of fused-ring (bicyclic) bond motifs is 1. The summed E-state index contributed by atoms with van der Waals surface area (Å²) in [6, 6.07) is 8.81. The molecular weight excluding hydrogens is 452 g/mol. The molecule has 0 saturated heterocycles. The van der Waals surface area contributed by atoms with E-state index in [4.69, 9.17) is 23.9 Å². The number of aromatic carboxylic acids is 1. The van der Waals surface area contributed by atoms with Gasteiger partial charge in [0.2, 0.25) is 0 Å². The van der Waals surface area contributed by atoms with Crippen LogP contribution in [0.1, 0.15) is 22.5 Å². The number of aromatic nitrogens is 4. The van der Waals surface area contributed by atoms with Gasteiger partial charge in [0.25, 0.3) is 0 Å². The molecule has 2 aromatic heterocycles. The van der Waals surface area contributed by atoms with Crippen molar-refractivity contribution >= 4 is 16.9 Å². The van der Waals surface area contributed by atoms with E-state index in [1.165, 1.54) is 20.5 Å². The van der Waals surface area contributed by atoms with Crippen LogP contribution >= 0.6 is 0 Å². The zero-order chi connectivity index (χ0) is 24.9. The van der Waals surface area contributed by atoms with Crippen LogP contribution in [-0.4, -0.2) is 59.3 Å². The molecule has 2 heterocycles. The van der Waals surface area contributed by atoms with Gasteiger partial charge in [-0.05, 0) is 36.6 Å². The second-order valence-corrected chi connectivity index (χ2v) is 7.67. The van der Waals surface area contributed by atoms with Gasteiger partial charge in [-0.3, -0.25) is 9.67 Å². The van der Waals surface area contributed by atoms with Crippen molar-refractivity contribution in [1.82, 2.24) is 19.7 Å². The molecule has 0 saturated carbocycles. The van der Waals surface area contributed by atoms with Crippen LogP contribution in [0.5, 0.6) is 23.0 Å². The molecule has 0 unspecified atom stereocenters. The van der Waals surface area contributed by atoms with Crippen LogP contribution < -0.4 is 18.9 Å². The lowest BCUT2D eigenvalue weighted by atomic mass is 9.92. The van der Waals surface area contributed by atoms with Gasteiger partial charge in [0.1, 0.15) is 12.7 Å². The van der Waals surface area contributed by atoms with E-state index in [0.29, 0.717) is 70.1 Å². The van der Waals surface area contributed by atoms with Gasteiger partial charge in [-0.2, -0.15) is 5.10 Å². The number of aryl methyl sites for hydroxylation is 2. The molecule has 0 bridgehead atoms. The van der Waals surface area contributed by atoms with Gasteiger partial charge in [-0.1, -0.05) is 6.07 Å². The van der Waals surface area contributed by atoms with Gasteiger partial charge in [0.05, 0.1) is 45.2 Å². The third-order valence-corrected chi connectivity index (χ3v) is 5.72. The lowest BCUT2D eigenvalue weighted by Crippen LogP contribution is -2.10. The first-order chi connectivity index (χ1) is 17.0. The number of carbonyl (C=O) groups is 1. The van der Waals surface area contributed by atoms with E-state index < -0.39 is 5.97 Å². The predicted octanol–water partition coefficient (Wildman–Crippen LogP) is 3.86. The minimum atomic E-state index is -1.07. The minimum absolute atomic E-state index is 0.121. The quantitative estimate of drug-likeness (QED) is 0.362. The third kappa shape index (κ3) is 4.68. The number of benzene rings is 2. The molecule has 10 nitrogen and oxygen atoms in total. The molecule has 0 atom stereocenters. The Labute approximate surface area is 202 Å². The fraction of sp³-hybridized carbons (Fsp3) is 0.280. The number of pyridine rings is 1.